The van der Waals surface area contributed by atoms with Crippen LogP contribution < -0.4 is 15.5 Å². The van der Waals surface area contributed by atoms with Crippen molar-refractivity contribution in [1.29, 1.82) is 0 Å². The molecule has 5 rings (SSSR count). The molecular weight excluding hydrogens is 701 g/mol. The molecule has 9 heteroatoms. The molecule has 0 saturated carbocycles. The van der Waals surface area contributed by atoms with Gasteiger partial charge < -0.3 is 29.7 Å². The molecule has 2 aromatic rings. The lowest BCUT2D eigenvalue weighted by Crippen LogP contribution is -2.31. The highest BCUT2D eigenvalue weighted by molar-refractivity contribution is 6.03. The summed E-state index contributed by atoms with van der Waals surface area (Å²) >= 11 is 0. The van der Waals surface area contributed by atoms with Gasteiger partial charge in [-0.3, -0.25) is 4.79 Å². The Labute approximate surface area is 335 Å². The van der Waals surface area contributed by atoms with Gasteiger partial charge in [-0.15, -0.1) is 0 Å². The maximum Gasteiger partial charge on any atom is 0.408 e. The number of rotatable bonds is 19. The van der Waals surface area contributed by atoms with Crippen molar-refractivity contribution in [2.24, 2.45) is 0 Å². The zero-order valence-corrected chi connectivity index (χ0v) is 34.3. The Hall–Kier alpha value is -4.65. The molecule has 2 aliphatic heterocycles. The van der Waals surface area contributed by atoms with E-state index in [4.69, 9.17) is 14.2 Å². The number of anilines is 1. The number of ether oxygens (including phenoxy) is 3. The molecule has 1 aliphatic carbocycles. The van der Waals surface area contributed by atoms with Crippen LogP contribution in [0.4, 0.5) is 16.2 Å². The number of nitrogens with zero attached hydrogens (tertiary/aromatic N) is 2. The number of nitrogens with one attached hydrogen (secondary N) is 2. The number of benzene rings is 2. The summed E-state index contributed by atoms with van der Waals surface area (Å²) in [6.07, 6.45) is 18.4. The minimum atomic E-state index is -0.459. The van der Waals surface area contributed by atoms with Crippen molar-refractivity contribution in [3.05, 3.63) is 95.7 Å². The average molecular weight is 764 g/mol. The Morgan fingerprint density at radius 2 is 1.57 bits per heavy atom. The van der Waals surface area contributed by atoms with Crippen LogP contribution in [0.15, 0.2) is 84.6 Å². The van der Waals surface area contributed by atoms with Crippen LogP contribution in [0.5, 0.6) is 0 Å². The van der Waals surface area contributed by atoms with Crippen LogP contribution in [0.2, 0.25) is 0 Å². The standard InChI is InChI=1S/C47H62N4O5/c1-46(2)38-23-16-18-25-40(38)50(5)42(46)27-13-9-14-28-43-47(3,4)39-24-17-19-26-41(39)51(43)32-20-10-15-29-44(52)48-30-33-54-35-36-55-34-31-49-45(53)56-37-21-11-7-6-8-12-22-37/h9,13-14,16-19,23-28,37H,6-8,10-11,15,20-21,29-36H2,1-5H3,(H-,48,49,52,53)/p+1. The number of allylic oxidation sites excluding steroid dienone is 6. The summed E-state index contributed by atoms with van der Waals surface area (Å²) in [4.78, 5) is 26.9. The molecule has 0 bridgehead atoms. The number of carbonyl (C=O) groups is 2. The molecule has 300 valence electrons. The van der Waals surface area contributed by atoms with Gasteiger partial charge >= 0.3 is 6.09 Å². The van der Waals surface area contributed by atoms with Gasteiger partial charge in [-0.2, -0.15) is 4.58 Å². The van der Waals surface area contributed by atoms with Crippen LogP contribution in [0.25, 0.3) is 0 Å². The average Bonchev–Trinajstić information content (AvgIpc) is 3.50. The van der Waals surface area contributed by atoms with E-state index < -0.39 is 6.09 Å². The highest BCUT2D eigenvalue weighted by atomic mass is 16.6. The van der Waals surface area contributed by atoms with Gasteiger partial charge in [0.1, 0.15) is 7.05 Å². The van der Waals surface area contributed by atoms with E-state index in [-0.39, 0.29) is 22.8 Å². The van der Waals surface area contributed by atoms with Gasteiger partial charge in [0.25, 0.3) is 0 Å². The summed E-state index contributed by atoms with van der Waals surface area (Å²) in [5.74, 6) is 6.15. The highest BCUT2D eigenvalue weighted by Gasteiger charge is 2.42. The van der Waals surface area contributed by atoms with E-state index in [1.807, 2.05) is 0 Å². The summed E-state index contributed by atoms with van der Waals surface area (Å²) in [5, 5.41) is 5.67. The fraction of sp³-hybridized carbons (Fsp3) is 0.511. The first kappa shape index (κ1) is 42.5. The van der Waals surface area contributed by atoms with Crippen molar-refractivity contribution >= 4 is 29.1 Å². The number of carbonyl (C=O) groups excluding carboxylic acids is 2. The van der Waals surface area contributed by atoms with Crippen LogP contribution in [-0.4, -0.2) is 81.5 Å². The molecule has 2 aromatic carbocycles. The Balaban J connectivity index is 0.958. The zero-order chi connectivity index (χ0) is 39.8. The number of unbranched alkanes of at least 4 members (excludes halogenated alkanes) is 2. The van der Waals surface area contributed by atoms with Crippen LogP contribution in [0.3, 0.4) is 0 Å². The zero-order valence-electron chi connectivity index (χ0n) is 34.3. The molecular formula is C47H63N4O5+. The smallest absolute Gasteiger partial charge is 0.408 e. The number of amides is 2. The predicted octanol–water partition coefficient (Wildman–Crippen LogP) is 8.26. The lowest BCUT2D eigenvalue weighted by atomic mass is 9.81. The number of hydrogen-bond acceptors (Lipinski definition) is 6. The van der Waals surface area contributed by atoms with Crippen LogP contribution in [-0.2, 0) is 29.8 Å². The summed E-state index contributed by atoms with van der Waals surface area (Å²) in [6.45, 7) is 12.5. The lowest BCUT2D eigenvalue weighted by molar-refractivity contribution is -0.401. The molecule has 3 aliphatic rings. The third-order valence-electron chi connectivity index (χ3n) is 11.0. The van der Waals surface area contributed by atoms with Gasteiger partial charge in [-0.1, -0.05) is 93.2 Å². The quantitative estimate of drug-likeness (QED) is 0.0649. The third kappa shape index (κ3) is 11.5. The summed E-state index contributed by atoms with van der Waals surface area (Å²) in [5.41, 5.74) is 7.66. The first-order valence-electron chi connectivity index (χ1n) is 20.6. The number of fused-ring (bicyclic) bond motifs is 2. The maximum absolute atomic E-state index is 12.5. The maximum atomic E-state index is 12.5. The minimum absolute atomic E-state index is 0.0460. The van der Waals surface area contributed by atoms with Crippen molar-refractivity contribution in [2.75, 3.05) is 58.0 Å². The normalized spacial score (nSPS) is 19.1. The largest absolute Gasteiger partial charge is 0.433 e. The van der Waals surface area contributed by atoms with E-state index in [2.05, 4.69) is 146 Å². The van der Waals surface area contributed by atoms with E-state index in [1.54, 1.807) is 0 Å². The molecule has 0 saturated heterocycles. The van der Waals surface area contributed by atoms with E-state index >= 15 is 0 Å². The first-order chi connectivity index (χ1) is 27.1. The van der Waals surface area contributed by atoms with Crippen molar-refractivity contribution in [2.45, 2.75) is 102 Å². The second-order valence-electron chi connectivity index (χ2n) is 15.8. The summed E-state index contributed by atoms with van der Waals surface area (Å²) in [6, 6.07) is 17.4. The fourth-order valence-electron chi connectivity index (χ4n) is 7.91. The monoisotopic (exact) mass is 763 g/mol. The number of para-hydroxylation sites is 2. The molecule has 0 aromatic heterocycles. The molecule has 2 N–H and O–H groups in total. The van der Waals surface area contributed by atoms with Gasteiger partial charge in [0.15, 0.2) is 11.8 Å². The SMILES string of the molecule is C[N+]1=C(/C=C/C=C/C=C2\N(CCCCCC(=O)NCCOCCOCCNC(=O)OC3C#CCCCCC3)c3ccccc3C2(C)C)C(C)(C)c2ccccc21. The predicted molar refractivity (Wildman–Crippen MR) is 226 cm³/mol. The van der Waals surface area contributed by atoms with Crippen LogP contribution in [0, 0.1) is 11.8 Å². The second-order valence-corrected chi connectivity index (χ2v) is 15.8. The molecule has 0 fully saturated rings. The summed E-state index contributed by atoms with van der Waals surface area (Å²) < 4.78 is 18.8. The van der Waals surface area contributed by atoms with Gasteiger partial charge in [0.2, 0.25) is 11.6 Å². The number of alkyl carbamates (subject to hydrolysis) is 1. The topological polar surface area (TPSA) is 92.1 Å². The van der Waals surface area contributed by atoms with Crippen molar-refractivity contribution in [3.8, 4) is 11.8 Å². The lowest BCUT2D eigenvalue weighted by Gasteiger charge is -2.27. The molecule has 0 radical (unpaired) electrons. The van der Waals surface area contributed by atoms with Crippen LogP contribution >= 0.6 is 0 Å². The third-order valence-corrected chi connectivity index (χ3v) is 11.0. The molecule has 1 atom stereocenters. The van der Waals surface area contributed by atoms with Crippen LogP contribution in [0.1, 0.15) is 96.6 Å². The first-order valence-corrected chi connectivity index (χ1v) is 20.6. The van der Waals surface area contributed by atoms with Gasteiger partial charge in [-0.25, -0.2) is 4.79 Å². The molecule has 2 heterocycles. The van der Waals surface area contributed by atoms with E-state index in [0.717, 1.165) is 57.9 Å². The fourth-order valence-corrected chi connectivity index (χ4v) is 7.91. The van der Waals surface area contributed by atoms with Crippen molar-refractivity contribution in [3.63, 3.8) is 0 Å². The molecule has 9 nitrogen and oxygen atoms in total. The summed E-state index contributed by atoms with van der Waals surface area (Å²) in [7, 11) is 2.15. The Kier molecular flexibility index (Phi) is 16.0. The molecule has 2 amide bonds. The van der Waals surface area contributed by atoms with Crippen molar-refractivity contribution < 1.29 is 28.4 Å². The molecule has 0 spiro atoms. The van der Waals surface area contributed by atoms with E-state index in [0.29, 0.717) is 45.9 Å². The Morgan fingerprint density at radius 3 is 2.36 bits per heavy atom. The second kappa shape index (κ2) is 21.0. The van der Waals surface area contributed by atoms with Gasteiger partial charge in [0.05, 0.1) is 31.8 Å². The Morgan fingerprint density at radius 1 is 0.839 bits per heavy atom. The molecule has 1 unspecified atom stereocenters. The molecule has 56 heavy (non-hydrogen) atoms. The van der Waals surface area contributed by atoms with E-state index in [9.17, 15) is 9.59 Å². The van der Waals surface area contributed by atoms with Gasteiger partial charge in [-0.05, 0) is 63.7 Å². The Bertz CT molecular complexity index is 1830. The minimum Gasteiger partial charge on any atom is -0.433 e. The number of hydrogen-bond donors (Lipinski definition) is 2. The van der Waals surface area contributed by atoms with Gasteiger partial charge in [0, 0.05) is 67.0 Å². The van der Waals surface area contributed by atoms with Crippen molar-refractivity contribution in [1.82, 2.24) is 10.6 Å². The highest BCUT2D eigenvalue weighted by Crippen LogP contribution is 2.47. The van der Waals surface area contributed by atoms with E-state index in [1.165, 1.54) is 33.9 Å².